The molecular weight excluding hydrogens is 685 g/mol. The largest absolute Gasteiger partial charge is 2.00 e. The van der Waals surface area contributed by atoms with Crippen molar-refractivity contribution in [3.63, 3.8) is 0 Å². The van der Waals surface area contributed by atoms with Gasteiger partial charge in [0.25, 0.3) is 0 Å². The van der Waals surface area contributed by atoms with Crippen LogP contribution >= 0.6 is 0 Å². The normalized spacial score (nSPS) is 9.67. The van der Waals surface area contributed by atoms with Gasteiger partial charge in [-0.15, -0.1) is 0 Å². The molecule has 0 unspecified atom stereocenters. The summed E-state index contributed by atoms with van der Waals surface area (Å²) in [6.07, 6.45) is 0. The number of hydrogen-bond acceptors (Lipinski definition) is 16. The van der Waals surface area contributed by atoms with Crippen molar-refractivity contribution in [3.05, 3.63) is 0 Å². The Labute approximate surface area is 190 Å². The number of rotatable bonds is 0. The Kier molecular flexibility index (Phi) is 44.6. The van der Waals surface area contributed by atoms with E-state index >= 15 is 0 Å². The molecule has 0 spiro atoms. The van der Waals surface area contributed by atoms with E-state index in [1.54, 1.807) is 0 Å². The summed E-state index contributed by atoms with van der Waals surface area (Å²) in [6, 6.07) is 0. The zero-order chi connectivity index (χ0) is 18.0. The van der Waals surface area contributed by atoms with E-state index < -0.39 is 41.6 Å². The predicted molar refractivity (Wildman–Crippen MR) is 41.9 cm³/mol. The van der Waals surface area contributed by atoms with Crippen LogP contribution in [0.1, 0.15) is 0 Å². The average Bonchev–Trinajstić information content (AvgIpc) is 1.62. The average molecular weight is 685 g/mol. The van der Waals surface area contributed by atoms with Crippen molar-refractivity contribution in [2.45, 2.75) is 0 Å². The van der Waals surface area contributed by atoms with Gasteiger partial charge in [-0.25, -0.2) is 0 Å². The van der Waals surface area contributed by atoms with E-state index in [4.69, 9.17) is 70.1 Å². The van der Waals surface area contributed by atoms with Crippen molar-refractivity contribution < 1.29 is 151 Å². The molecule has 24 heteroatoms. The summed E-state index contributed by atoms with van der Waals surface area (Å²) in [5.74, 6) is 0. The first-order valence-electron chi connectivity index (χ1n) is 2.67. The topological polar surface area (TPSA) is 321 Å². The molecule has 144 valence electrons. The van der Waals surface area contributed by atoms with Gasteiger partial charge in [-0.2, -0.15) is 0 Å². The van der Waals surface area contributed by atoms with Crippen LogP contribution < -0.4 is 0 Å². The molecule has 0 aliphatic heterocycles. The maximum atomic E-state index is 8.52. The number of hydrogen-bond donors (Lipinski definition) is 0. The monoisotopic (exact) mass is 684 g/mol. The minimum atomic E-state index is -5.17. The molecule has 0 heterocycles. The Morgan fingerprint density at radius 3 is 0.417 bits per heavy atom. The third kappa shape index (κ3) is 3040. The molecule has 0 rings (SSSR count). The van der Waals surface area contributed by atoms with Crippen LogP contribution in [-0.2, 0) is 122 Å². The van der Waals surface area contributed by atoms with Crippen LogP contribution in [0.25, 0.3) is 0 Å². The second kappa shape index (κ2) is 21.4. The molecule has 24 heavy (non-hydrogen) atoms. The molecule has 0 aromatic heterocycles. The summed E-state index contributed by atoms with van der Waals surface area (Å²) in [6.45, 7) is 0. The Bertz CT molecular complexity index is 491. The van der Waals surface area contributed by atoms with Gasteiger partial charge in [0.1, 0.15) is 0 Å². The van der Waals surface area contributed by atoms with Gasteiger partial charge in [-0.1, -0.05) is 0 Å². The minimum Gasteiger partial charge on any atom is -0.759 e. The molecule has 0 aromatic rings. The molecule has 0 amide bonds. The zero-order valence-electron chi connectivity index (χ0n) is 10.2. The predicted octanol–water partition coefficient (Wildman–Crippen LogP) is -5.36. The summed E-state index contributed by atoms with van der Waals surface area (Å²) < 4.78 is 136. The molecule has 0 aromatic carbocycles. The van der Waals surface area contributed by atoms with E-state index in [1.165, 1.54) is 0 Å². The van der Waals surface area contributed by atoms with Crippen molar-refractivity contribution in [3.8, 4) is 0 Å². The van der Waals surface area contributed by atoms with Crippen molar-refractivity contribution in [1.29, 1.82) is 0 Å². The first kappa shape index (κ1) is 50.2. The van der Waals surface area contributed by atoms with E-state index in [-0.39, 0.29) is 80.6 Å². The van der Waals surface area contributed by atoms with E-state index in [1.807, 2.05) is 0 Å². The Hall–Kier alpha value is 2.05. The molecule has 0 aliphatic rings. The van der Waals surface area contributed by atoms with Gasteiger partial charge in [-0.3, -0.25) is 33.7 Å². The fourth-order valence-corrected chi connectivity index (χ4v) is 0. The molecule has 0 aliphatic carbocycles. The standard InChI is InChI=1S/Cd.Co.Cu.4H2O4S.Zn/c;;;4*1-5(2,3)4;/h;;;4*(H2,1,2,3,4);/q3*+2;;;;;+2/p-8. The van der Waals surface area contributed by atoms with Crippen LogP contribution in [0.3, 0.4) is 0 Å². The van der Waals surface area contributed by atoms with Crippen molar-refractivity contribution >= 4 is 41.6 Å². The fourth-order valence-electron chi connectivity index (χ4n) is 0. The maximum absolute atomic E-state index is 8.52. The van der Waals surface area contributed by atoms with Crippen molar-refractivity contribution in [1.82, 2.24) is 0 Å². The van der Waals surface area contributed by atoms with Crippen LogP contribution in [0.2, 0.25) is 0 Å². The molecule has 16 nitrogen and oxygen atoms in total. The van der Waals surface area contributed by atoms with E-state index in [0.29, 0.717) is 0 Å². The molecule has 0 saturated heterocycles. The van der Waals surface area contributed by atoms with Gasteiger partial charge >= 0.3 is 80.6 Å². The first-order chi connectivity index (χ1) is 8.00. The SMILES string of the molecule is O=S(=O)([O-])[O-].O=S(=O)([O-])[O-].O=S(=O)([O-])[O-].O=S(=O)([O-])[O-].[Cd+2].[Co+2].[Cu+2].[Zn+2]. The van der Waals surface area contributed by atoms with Crippen LogP contribution in [0.5, 0.6) is 0 Å². The van der Waals surface area contributed by atoms with E-state index in [2.05, 4.69) is 0 Å². The first-order valence-corrected chi connectivity index (χ1v) is 8.00. The summed E-state index contributed by atoms with van der Waals surface area (Å²) in [5.41, 5.74) is 0. The van der Waals surface area contributed by atoms with E-state index in [0.717, 1.165) is 0 Å². The second-order valence-electron chi connectivity index (χ2n) is 1.63. The van der Waals surface area contributed by atoms with Crippen LogP contribution in [0.15, 0.2) is 0 Å². The molecule has 0 bridgehead atoms. The smallest absolute Gasteiger partial charge is 0.759 e. The summed E-state index contributed by atoms with van der Waals surface area (Å²) >= 11 is 0. The summed E-state index contributed by atoms with van der Waals surface area (Å²) in [4.78, 5) is 0. The third-order valence-corrected chi connectivity index (χ3v) is 0. The minimum absolute atomic E-state index is 0. The molecule has 0 fully saturated rings. The van der Waals surface area contributed by atoms with Gasteiger partial charge in [0.2, 0.25) is 0 Å². The second-order valence-corrected chi connectivity index (χ2v) is 4.90. The van der Waals surface area contributed by atoms with Crippen LogP contribution in [-0.4, -0.2) is 70.1 Å². The van der Waals surface area contributed by atoms with Gasteiger partial charge in [0.15, 0.2) is 0 Å². The summed E-state index contributed by atoms with van der Waals surface area (Å²) in [7, 11) is -20.7. The van der Waals surface area contributed by atoms with Crippen molar-refractivity contribution in [2.75, 3.05) is 0 Å². The third-order valence-electron chi connectivity index (χ3n) is 0. The molecule has 2 radical (unpaired) electrons. The maximum Gasteiger partial charge on any atom is 2.00 e. The fraction of sp³-hybridized carbons (Fsp3) is 0. The molecule has 0 atom stereocenters. The Morgan fingerprint density at radius 1 is 0.417 bits per heavy atom. The molecule has 0 N–H and O–H groups in total. The zero-order valence-corrected chi connectivity index (χ0v) is 22.5. The van der Waals surface area contributed by atoms with Gasteiger partial charge < -0.3 is 36.4 Å². The Balaban J connectivity index is -0.0000000225. The molecule has 0 saturated carbocycles. The van der Waals surface area contributed by atoms with Crippen molar-refractivity contribution in [2.24, 2.45) is 0 Å². The van der Waals surface area contributed by atoms with Crippen LogP contribution in [0, 0.1) is 0 Å². The Morgan fingerprint density at radius 2 is 0.417 bits per heavy atom. The van der Waals surface area contributed by atoms with Gasteiger partial charge in [0.05, 0.1) is 0 Å². The van der Waals surface area contributed by atoms with Crippen LogP contribution in [0.4, 0.5) is 0 Å². The summed E-state index contributed by atoms with van der Waals surface area (Å²) in [5, 5.41) is 0. The van der Waals surface area contributed by atoms with Gasteiger partial charge in [-0.05, 0) is 0 Å². The van der Waals surface area contributed by atoms with Gasteiger partial charge in [0, 0.05) is 41.6 Å². The quantitative estimate of drug-likeness (QED) is 0.131. The molecular formula is CdCoCuO16S4Zn. The van der Waals surface area contributed by atoms with E-state index in [9.17, 15) is 0 Å².